The Kier molecular flexibility index (Phi) is 6.31. The summed E-state index contributed by atoms with van der Waals surface area (Å²) in [5.41, 5.74) is 4.67. The summed E-state index contributed by atoms with van der Waals surface area (Å²) >= 11 is 0. The molecular weight excluding hydrogens is 498 g/mol. The lowest BCUT2D eigenvalue weighted by Crippen LogP contribution is -2.62. The largest absolute Gasteiger partial charge is 0.504 e. The number of aliphatic hydroxyl groups is 1. The van der Waals surface area contributed by atoms with Gasteiger partial charge < -0.3 is 20.6 Å². The van der Waals surface area contributed by atoms with E-state index in [9.17, 15) is 14.7 Å². The number of allylic oxidation sites excluding steroid dienone is 7. The Morgan fingerprint density at radius 2 is 1.73 bits per heavy atom. The van der Waals surface area contributed by atoms with Gasteiger partial charge in [0.15, 0.2) is 5.76 Å². The summed E-state index contributed by atoms with van der Waals surface area (Å²) in [6, 6.07) is 0.0878. The fraction of sp³-hybridized carbons (Fsp3) is 0.706. The maximum atomic E-state index is 13.0. The lowest BCUT2D eigenvalue weighted by Gasteiger charge is -2.70. The number of amides is 2. The van der Waals surface area contributed by atoms with Crippen LogP contribution in [0.1, 0.15) is 86.5 Å². The number of rotatable bonds is 2. The summed E-state index contributed by atoms with van der Waals surface area (Å²) in [6.45, 7) is 18.3. The van der Waals surface area contributed by atoms with Crippen LogP contribution in [0.3, 0.4) is 0 Å². The molecule has 40 heavy (non-hydrogen) atoms. The van der Waals surface area contributed by atoms with Crippen LogP contribution in [0.15, 0.2) is 46.3 Å². The Labute approximate surface area is 240 Å². The van der Waals surface area contributed by atoms with Crippen molar-refractivity contribution in [2.24, 2.45) is 33.0 Å². The van der Waals surface area contributed by atoms with Gasteiger partial charge >= 0.3 is 6.03 Å². The zero-order valence-corrected chi connectivity index (χ0v) is 25.5. The van der Waals surface area contributed by atoms with Crippen LogP contribution in [0.5, 0.6) is 0 Å². The molecule has 4 fully saturated rings. The number of hydrogen-bond donors (Lipinski definition) is 3. The standard InChI is InChI=1S/C34H49N3O3/c1-22-23-7-8-26-32(4,24(23)19-25(38)28(22)39)12-14-34(6)27-20-30(2,9-10-31(27,3)11-13-33(26,34)5)21-36-29(40)37-17-15-35-16-18-37/h7-8,19,27,35,39H,9-18,20-21H2,1-6H3,(H,36,40)/t27?,30-,31-,32+,33-,34?/m1/s1. The van der Waals surface area contributed by atoms with E-state index in [1.165, 1.54) is 24.8 Å². The monoisotopic (exact) mass is 547 g/mol. The fourth-order valence-corrected chi connectivity index (χ4v) is 9.95. The molecule has 6 atom stereocenters. The Morgan fingerprint density at radius 3 is 2.45 bits per heavy atom. The molecule has 0 spiro atoms. The van der Waals surface area contributed by atoms with Crippen LogP contribution in [0.25, 0.3) is 0 Å². The van der Waals surface area contributed by atoms with Crippen LogP contribution in [-0.2, 0) is 4.79 Å². The van der Waals surface area contributed by atoms with Gasteiger partial charge in [-0.2, -0.15) is 0 Å². The van der Waals surface area contributed by atoms with E-state index in [0.29, 0.717) is 16.9 Å². The van der Waals surface area contributed by atoms with Crippen molar-refractivity contribution in [1.29, 1.82) is 0 Å². The molecule has 6 aliphatic rings. The molecule has 0 radical (unpaired) electrons. The quantitative estimate of drug-likeness (QED) is 0.383. The Morgan fingerprint density at radius 1 is 1.02 bits per heavy atom. The smallest absolute Gasteiger partial charge is 0.317 e. The van der Waals surface area contributed by atoms with Crippen LogP contribution >= 0.6 is 0 Å². The summed E-state index contributed by atoms with van der Waals surface area (Å²) in [4.78, 5) is 27.7. The van der Waals surface area contributed by atoms with E-state index in [1.807, 2.05) is 11.8 Å². The van der Waals surface area contributed by atoms with Crippen LogP contribution in [-0.4, -0.2) is 54.5 Å². The first kappa shape index (κ1) is 27.8. The van der Waals surface area contributed by atoms with Crippen molar-refractivity contribution in [2.75, 3.05) is 32.7 Å². The van der Waals surface area contributed by atoms with Crippen molar-refractivity contribution in [2.45, 2.75) is 86.5 Å². The molecule has 3 N–H and O–H groups in total. The normalized spacial score (nSPS) is 43.0. The van der Waals surface area contributed by atoms with Crippen molar-refractivity contribution in [3.63, 3.8) is 0 Å². The van der Waals surface area contributed by atoms with Gasteiger partial charge in [-0.1, -0.05) is 52.3 Å². The predicted octanol–water partition coefficient (Wildman–Crippen LogP) is 6.23. The second kappa shape index (κ2) is 9.08. The average Bonchev–Trinajstić information content (AvgIpc) is 2.94. The van der Waals surface area contributed by atoms with Crippen molar-refractivity contribution >= 4 is 11.8 Å². The van der Waals surface area contributed by atoms with E-state index in [-0.39, 0.29) is 39.2 Å². The minimum atomic E-state index is -0.257. The maximum Gasteiger partial charge on any atom is 0.317 e. The average molecular weight is 548 g/mol. The molecule has 0 aromatic heterocycles. The number of fused-ring (bicyclic) bond motifs is 7. The molecule has 0 aromatic rings. The van der Waals surface area contributed by atoms with Gasteiger partial charge in [0, 0.05) is 43.7 Å². The molecule has 1 aliphatic heterocycles. The highest BCUT2D eigenvalue weighted by molar-refractivity contribution is 6.06. The number of carbonyl (C=O) groups excluding carboxylic acids is 2. The molecule has 0 bridgehead atoms. The molecular formula is C34H49N3O3. The molecule has 6 rings (SSSR count). The maximum absolute atomic E-state index is 13.0. The molecule has 1 saturated heterocycles. The second-order valence-corrected chi connectivity index (χ2v) is 15.3. The molecule has 6 nitrogen and oxygen atoms in total. The zero-order chi connectivity index (χ0) is 28.7. The van der Waals surface area contributed by atoms with Gasteiger partial charge in [-0.25, -0.2) is 4.79 Å². The molecule has 3 saturated carbocycles. The van der Waals surface area contributed by atoms with E-state index >= 15 is 0 Å². The van der Waals surface area contributed by atoms with Crippen LogP contribution in [0.4, 0.5) is 4.79 Å². The highest BCUT2D eigenvalue weighted by Crippen LogP contribution is 2.75. The second-order valence-electron chi connectivity index (χ2n) is 15.3. The number of urea groups is 1. The van der Waals surface area contributed by atoms with Gasteiger partial charge in [-0.3, -0.25) is 4.79 Å². The van der Waals surface area contributed by atoms with Gasteiger partial charge in [-0.05, 0) is 96.7 Å². The number of hydrogen-bond acceptors (Lipinski definition) is 4. The minimum Gasteiger partial charge on any atom is -0.504 e. The Hall–Kier alpha value is -2.34. The first-order valence-corrected chi connectivity index (χ1v) is 15.6. The van der Waals surface area contributed by atoms with Crippen LogP contribution in [0, 0.1) is 33.0 Å². The summed E-state index contributed by atoms with van der Waals surface area (Å²) in [5.74, 6) is 0.200. The third kappa shape index (κ3) is 3.84. The molecule has 5 aliphatic carbocycles. The lowest BCUT2D eigenvalue weighted by atomic mass is 9.34. The number of nitrogens with zero attached hydrogens (tertiary/aromatic N) is 1. The summed E-state index contributed by atoms with van der Waals surface area (Å²) in [7, 11) is 0. The minimum absolute atomic E-state index is 0.0233. The fourth-order valence-electron chi connectivity index (χ4n) is 9.95. The van der Waals surface area contributed by atoms with Gasteiger partial charge in [0.05, 0.1) is 0 Å². The molecule has 218 valence electrons. The summed E-state index contributed by atoms with van der Waals surface area (Å²) < 4.78 is 0. The first-order valence-electron chi connectivity index (χ1n) is 15.6. The topological polar surface area (TPSA) is 81.7 Å². The van der Waals surface area contributed by atoms with Crippen molar-refractivity contribution in [1.82, 2.24) is 15.5 Å². The van der Waals surface area contributed by atoms with Gasteiger partial charge in [0.1, 0.15) is 0 Å². The summed E-state index contributed by atoms with van der Waals surface area (Å²) in [6.07, 6.45) is 14.3. The predicted molar refractivity (Wildman–Crippen MR) is 159 cm³/mol. The van der Waals surface area contributed by atoms with Crippen molar-refractivity contribution < 1.29 is 14.7 Å². The van der Waals surface area contributed by atoms with Crippen LogP contribution in [0.2, 0.25) is 0 Å². The summed E-state index contributed by atoms with van der Waals surface area (Å²) in [5, 5.41) is 17.1. The Balaban J connectivity index is 1.30. The zero-order valence-electron chi connectivity index (χ0n) is 25.5. The van der Waals surface area contributed by atoms with Gasteiger partial charge in [-0.15, -0.1) is 0 Å². The highest BCUT2D eigenvalue weighted by atomic mass is 16.3. The van der Waals surface area contributed by atoms with E-state index < -0.39 is 0 Å². The third-order valence-electron chi connectivity index (χ3n) is 13.0. The first-order chi connectivity index (χ1) is 18.8. The van der Waals surface area contributed by atoms with E-state index in [2.05, 4.69) is 57.4 Å². The third-order valence-corrected chi connectivity index (χ3v) is 13.0. The SMILES string of the molecule is CC1=C(O)C(=O)C=C2C1=CC=C1[C@@]2(C)CCC2(C)C3C[C@](C)(CNC(=O)N4CCNCC4)CC[C@]3(C)CC[C@]12C. The number of nitrogens with one attached hydrogen (secondary N) is 2. The number of ketones is 1. The number of aliphatic hydroxyl groups excluding tert-OH is 1. The van der Waals surface area contributed by atoms with Crippen molar-refractivity contribution in [3.05, 3.63) is 46.3 Å². The van der Waals surface area contributed by atoms with Gasteiger partial charge in [0.2, 0.25) is 5.78 Å². The lowest BCUT2D eigenvalue weighted by molar-refractivity contribution is -0.160. The van der Waals surface area contributed by atoms with Crippen LogP contribution < -0.4 is 10.6 Å². The molecule has 1 heterocycles. The van der Waals surface area contributed by atoms with E-state index in [1.54, 1.807) is 6.08 Å². The Bertz CT molecular complexity index is 1270. The molecule has 0 aromatic carbocycles. The number of piperazine rings is 1. The highest BCUT2D eigenvalue weighted by Gasteiger charge is 2.66. The van der Waals surface area contributed by atoms with Gasteiger partial charge in [0.25, 0.3) is 0 Å². The van der Waals surface area contributed by atoms with E-state index in [4.69, 9.17) is 0 Å². The van der Waals surface area contributed by atoms with Crippen molar-refractivity contribution in [3.8, 4) is 0 Å². The van der Waals surface area contributed by atoms with E-state index in [0.717, 1.165) is 69.6 Å². The molecule has 6 heteroatoms. The molecule has 2 unspecified atom stereocenters. The molecule has 2 amide bonds. The number of carbonyl (C=O) groups is 2.